The highest BCUT2D eigenvalue weighted by atomic mass is 79.9. The molecule has 0 saturated carbocycles. The van der Waals surface area contributed by atoms with Gasteiger partial charge in [-0.3, -0.25) is 0 Å². The van der Waals surface area contributed by atoms with Crippen molar-refractivity contribution < 1.29 is 4.74 Å². The van der Waals surface area contributed by atoms with Crippen LogP contribution in [0.4, 0.5) is 0 Å². The third-order valence-corrected chi connectivity index (χ3v) is 4.63. The summed E-state index contributed by atoms with van der Waals surface area (Å²) in [6.07, 6.45) is 9.16. The van der Waals surface area contributed by atoms with Gasteiger partial charge in [-0.15, -0.1) is 0 Å². The first-order chi connectivity index (χ1) is 9.19. The van der Waals surface area contributed by atoms with Gasteiger partial charge in [-0.2, -0.15) is 0 Å². The van der Waals surface area contributed by atoms with E-state index in [1.807, 2.05) is 12.1 Å². The fourth-order valence-corrected chi connectivity index (χ4v) is 3.02. The van der Waals surface area contributed by atoms with E-state index in [-0.39, 0.29) is 0 Å². The van der Waals surface area contributed by atoms with Gasteiger partial charge in [0.2, 0.25) is 0 Å². The first kappa shape index (κ1) is 16.8. The molecule has 0 N–H and O–H groups in total. The summed E-state index contributed by atoms with van der Waals surface area (Å²) < 4.78 is 5.17. The average Bonchev–Trinajstić information content (AvgIpc) is 2.42. The maximum absolute atomic E-state index is 6.15. The smallest absolute Gasteiger partial charge is 0.137 e. The van der Waals surface area contributed by atoms with Crippen LogP contribution in [0.2, 0.25) is 5.02 Å². The van der Waals surface area contributed by atoms with Gasteiger partial charge in [0.1, 0.15) is 5.75 Å². The Morgan fingerprint density at radius 2 is 1.84 bits per heavy atom. The molecule has 1 atom stereocenters. The second-order valence-corrected chi connectivity index (χ2v) is 6.43. The fourth-order valence-electron chi connectivity index (χ4n) is 2.15. The molecule has 0 aromatic heterocycles. The molecule has 108 valence electrons. The molecule has 1 aromatic rings. The minimum atomic E-state index is 0.391. The maximum Gasteiger partial charge on any atom is 0.137 e. The highest BCUT2D eigenvalue weighted by Gasteiger charge is 2.09. The van der Waals surface area contributed by atoms with Gasteiger partial charge in [0.25, 0.3) is 0 Å². The van der Waals surface area contributed by atoms with Crippen LogP contribution < -0.4 is 4.74 Å². The molecule has 0 spiro atoms. The Morgan fingerprint density at radius 3 is 2.47 bits per heavy atom. The molecule has 0 aliphatic rings. The molecule has 3 heteroatoms. The van der Waals surface area contributed by atoms with Gasteiger partial charge < -0.3 is 4.74 Å². The zero-order chi connectivity index (χ0) is 14.1. The van der Waals surface area contributed by atoms with Crippen molar-refractivity contribution in [2.24, 2.45) is 0 Å². The van der Waals surface area contributed by atoms with Crippen LogP contribution in [0.15, 0.2) is 18.2 Å². The Labute approximate surface area is 130 Å². The van der Waals surface area contributed by atoms with Gasteiger partial charge in [-0.1, -0.05) is 79.0 Å². The molecule has 19 heavy (non-hydrogen) atoms. The SMILES string of the molecule is CCCCCCCCC(Br)c1ccc(OC)c(Cl)c1. The third kappa shape index (κ3) is 6.18. The number of unbranched alkanes of at least 4 members (excludes halogenated alkanes) is 5. The number of hydrogen-bond acceptors (Lipinski definition) is 1. The highest BCUT2D eigenvalue weighted by Crippen LogP contribution is 2.33. The Kier molecular flexibility index (Phi) is 8.56. The third-order valence-electron chi connectivity index (χ3n) is 3.35. The van der Waals surface area contributed by atoms with Crippen molar-refractivity contribution in [3.05, 3.63) is 28.8 Å². The van der Waals surface area contributed by atoms with E-state index in [0.717, 1.165) is 12.2 Å². The van der Waals surface area contributed by atoms with Crippen molar-refractivity contribution in [2.45, 2.75) is 56.7 Å². The zero-order valence-electron chi connectivity index (χ0n) is 11.9. The standard InChI is InChI=1S/C16H24BrClO/c1-3-4-5-6-7-8-9-14(17)13-10-11-16(19-2)15(18)12-13/h10-12,14H,3-9H2,1-2H3. The van der Waals surface area contributed by atoms with E-state index in [2.05, 4.69) is 28.9 Å². The van der Waals surface area contributed by atoms with Gasteiger partial charge in [0, 0.05) is 4.83 Å². The number of halogens is 2. The minimum Gasteiger partial charge on any atom is -0.495 e. The zero-order valence-corrected chi connectivity index (χ0v) is 14.3. The molecular formula is C16H24BrClO. The van der Waals surface area contributed by atoms with Crippen LogP contribution in [-0.2, 0) is 0 Å². The Hall–Kier alpha value is -0.210. The van der Waals surface area contributed by atoms with Crippen molar-refractivity contribution in [1.29, 1.82) is 0 Å². The van der Waals surface area contributed by atoms with Crippen molar-refractivity contribution in [2.75, 3.05) is 7.11 Å². The number of ether oxygens (including phenoxy) is 1. The van der Waals surface area contributed by atoms with E-state index < -0.39 is 0 Å². The lowest BCUT2D eigenvalue weighted by molar-refractivity contribution is 0.415. The first-order valence-electron chi connectivity index (χ1n) is 7.16. The molecule has 1 rings (SSSR count). The summed E-state index contributed by atoms with van der Waals surface area (Å²) >= 11 is 9.90. The first-order valence-corrected chi connectivity index (χ1v) is 8.46. The summed E-state index contributed by atoms with van der Waals surface area (Å²) in [4.78, 5) is 0.391. The van der Waals surface area contributed by atoms with Crippen molar-refractivity contribution in [3.63, 3.8) is 0 Å². The number of benzene rings is 1. The summed E-state index contributed by atoms with van der Waals surface area (Å²) in [5.41, 5.74) is 1.24. The molecule has 1 aromatic carbocycles. The van der Waals surface area contributed by atoms with E-state index in [4.69, 9.17) is 16.3 Å². The molecule has 0 aliphatic heterocycles. The van der Waals surface area contributed by atoms with Crippen LogP contribution in [0.5, 0.6) is 5.75 Å². The second kappa shape index (κ2) is 9.66. The van der Waals surface area contributed by atoms with E-state index in [1.165, 1.54) is 44.1 Å². The van der Waals surface area contributed by atoms with Crippen molar-refractivity contribution >= 4 is 27.5 Å². The second-order valence-electron chi connectivity index (χ2n) is 4.92. The highest BCUT2D eigenvalue weighted by molar-refractivity contribution is 9.09. The number of rotatable bonds is 9. The number of methoxy groups -OCH3 is 1. The summed E-state index contributed by atoms with van der Waals surface area (Å²) in [5.74, 6) is 0.740. The van der Waals surface area contributed by atoms with E-state index in [1.54, 1.807) is 7.11 Å². The Bertz CT molecular complexity index is 368. The molecule has 1 nitrogen and oxygen atoms in total. The van der Waals surface area contributed by atoms with Gasteiger partial charge in [0.15, 0.2) is 0 Å². The van der Waals surface area contributed by atoms with Crippen molar-refractivity contribution in [1.82, 2.24) is 0 Å². The average molecular weight is 348 g/mol. The minimum absolute atomic E-state index is 0.391. The Balaban J connectivity index is 2.33. The molecule has 0 aliphatic carbocycles. The molecule has 0 fully saturated rings. The summed E-state index contributed by atoms with van der Waals surface area (Å²) in [6, 6.07) is 6.02. The van der Waals surface area contributed by atoms with Crippen LogP contribution >= 0.6 is 27.5 Å². The molecule has 0 radical (unpaired) electrons. The molecule has 1 unspecified atom stereocenters. The van der Waals surface area contributed by atoms with Gasteiger partial charge in [-0.25, -0.2) is 0 Å². The predicted octanol–water partition coefficient (Wildman–Crippen LogP) is 6.54. The van der Waals surface area contributed by atoms with Crippen LogP contribution in [0.1, 0.15) is 62.3 Å². The molecule has 0 heterocycles. The van der Waals surface area contributed by atoms with Crippen LogP contribution in [0.25, 0.3) is 0 Å². The van der Waals surface area contributed by atoms with Gasteiger partial charge >= 0.3 is 0 Å². The molecule has 0 saturated heterocycles. The fraction of sp³-hybridized carbons (Fsp3) is 0.625. The molecular weight excluding hydrogens is 324 g/mol. The van der Waals surface area contributed by atoms with E-state index in [0.29, 0.717) is 9.85 Å². The number of hydrogen-bond donors (Lipinski definition) is 0. The van der Waals surface area contributed by atoms with Crippen molar-refractivity contribution in [3.8, 4) is 5.75 Å². The summed E-state index contributed by atoms with van der Waals surface area (Å²) in [6.45, 7) is 2.25. The molecule has 0 bridgehead atoms. The van der Waals surface area contributed by atoms with Crippen LogP contribution in [0.3, 0.4) is 0 Å². The largest absolute Gasteiger partial charge is 0.495 e. The molecule has 0 amide bonds. The lowest BCUT2D eigenvalue weighted by Gasteiger charge is -2.12. The van der Waals surface area contributed by atoms with Gasteiger partial charge in [0.05, 0.1) is 12.1 Å². The lowest BCUT2D eigenvalue weighted by Crippen LogP contribution is -1.92. The van der Waals surface area contributed by atoms with Crippen LogP contribution in [0, 0.1) is 0 Å². The topological polar surface area (TPSA) is 9.23 Å². The Morgan fingerprint density at radius 1 is 1.16 bits per heavy atom. The van der Waals surface area contributed by atoms with Crippen LogP contribution in [-0.4, -0.2) is 7.11 Å². The summed E-state index contributed by atoms with van der Waals surface area (Å²) in [7, 11) is 1.64. The monoisotopic (exact) mass is 346 g/mol. The van der Waals surface area contributed by atoms with E-state index >= 15 is 0 Å². The predicted molar refractivity (Wildman–Crippen MR) is 87.7 cm³/mol. The van der Waals surface area contributed by atoms with Gasteiger partial charge in [-0.05, 0) is 24.1 Å². The quantitative estimate of drug-likeness (QED) is 0.364. The lowest BCUT2D eigenvalue weighted by atomic mass is 10.0. The van der Waals surface area contributed by atoms with E-state index in [9.17, 15) is 0 Å². The normalized spacial score (nSPS) is 12.4. The summed E-state index contributed by atoms with van der Waals surface area (Å²) in [5, 5.41) is 0.687. The maximum atomic E-state index is 6.15. The number of alkyl halides is 1.